The third-order valence-corrected chi connectivity index (χ3v) is 7.36. The smallest absolute Gasteiger partial charge is 0.312 e. The molecule has 2 aromatic carbocycles. The molecular formula is C27H23ClN2O6. The topological polar surface area (TPSA) is 122 Å². The number of fused-ring (bicyclic) bond motifs is 3. The van der Waals surface area contributed by atoms with Gasteiger partial charge in [-0.3, -0.25) is 9.78 Å². The maximum Gasteiger partial charge on any atom is 0.312 e. The zero-order valence-electron chi connectivity index (χ0n) is 19.5. The molecule has 3 aromatic rings. The quantitative estimate of drug-likeness (QED) is 0.506. The fourth-order valence-corrected chi connectivity index (χ4v) is 5.80. The molecule has 9 heteroatoms. The number of methoxy groups -OCH3 is 2. The van der Waals surface area contributed by atoms with E-state index >= 15 is 0 Å². The van der Waals surface area contributed by atoms with Gasteiger partial charge in [0, 0.05) is 25.3 Å². The number of nitriles is 1. The first-order valence-corrected chi connectivity index (χ1v) is 11.6. The van der Waals surface area contributed by atoms with E-state index in [4.69, 9.17) is 25.8 Å². The SMILES string of the molecule is COCc1ccc([C@@H]2[C@@H](C(=O)OC)[C@@H](O)[C@@]3(O)c4ncc(Cl)cc4O[C@@]23c2ccc(C#N)cc2)cc1. The van der Waals surface area contributed by atoms with Gasteiger partial charge in [-0.2, -0.15) is 5.26 Å². The zero-order chi connectivity index (χ0) is 25.7. The molecule has 2 heterocycles. The molecule has 2 N–H and O–H groups in total. The lowest BCUT2D eigenvalue weighted by atomic mass is 9.71. The third-order valence-electron chi connectivity index (χ3n) is 7.15. The predicted molar refractivity (Wildman–Crippen MR) is 128 cm³/mol. The normalized spacial score (nSPS) is 28.1. The Balaban J connectivity index is 1.81. The lowest BCUT2D eigenvalue weighted by molar-refractivity contribution is -0.162. The van der Waals surface area contributed by atoms with E-state index in [9.17, 15) is 20.3 Å². The lowest BCUT2D eigenvalue weighted by Gasteiger charge is -2.40. The van der Waals surface area contributed by atoms with Crippen molar-refractivity contribution < 1.29 is 29.2 Å². The van der Waals surface area contributed by atoms with Crippen LogP contribution in [0.1, 0.15) is 33.9 Å². The minimum absolute atomic E-state index is 0.0659. The van der Waals surface area contributed by atoms with Crippen LogP contribution in [0.3, 0.4) is 0 Å². The molecule has 2 aliphatic rings. The van der Waals surface area contributed by atoms with Gasteiger partial charge in [0.1, 0.15) is 17.5 Å². The number of carbonyl (C=O) groups excluding carboxylic acids is 1. The number of esters is 1. The minimum atomic E-state index is -2.14. The summed E-state index contributed by atoms with van der Waals surface area (Å²) >= 11 is 6.19. The number of hydrogen-bond acceptors (Lipinski definition) is 8. The van der Waals surface area contributed by atoms with Crippen molar-refractivity contribution in [3.8, 4) is 11.8 Å². The Hall–Kier alpha value is -3.48. The maximum atomic E-state index is 13.1. The van der Waals surface area contributed by atoms with Crippen LogP contribution in [0.15, 0.2) is 60.8 Å². The van der Waals surface area contributed by atoms with Crippen molar-refractivity contribution >= 4 is 17.6 Å². The molecule has 5 atom stereocenters. The van der Waals surface area contributed by atoms with Gasteiger partial charge in [0.2, 0.25) is 0 Å². The monoisotopic (exact) mass is 506 g/mol. The van der Waals surface area contributed by atoms with Crippen LogP contribution in [0.2, 0.25) is 5.02 Å². The van der Waals surface area contributed by atoms with Gasteiger partial charge >= 0.3 is 5.97 Å². The minimum Gasteiger partial charge on any atom is -0.476 e. The van der Waals surface area contributed by atoms with Crippen LogP contribution in [0.25, 0.3) is 0 Å². The molecule has 1 aliphatic heterocycles. The number of hydrogen-bond donors (Lipinski definition) is 2. The Morgan fingerprint density at radius 2 is 1.89 bits per heavy atom. The van der Waals surface area contributed by atoms with E-state index in [0.717, 1.165) is 5.56 Å². The van der Waals surface area contributed by atoms with Crippen LogP contribution in [0, 0.1) is 17.2 Å². The van der Waals surface area contributed by atoms with Crippen LogP contribution < -0.4 is 4.74 Å². The maximum absolute atomic E-state index is 13.1. The van der Waals surface area contributed by atoms with Crippen molar-refractivity contribution in [3.63, 3.8) is 0 Å². The molecule has 0 saturated heterocycles. The van der Waals surface area contributed by atoms with Crippen LogP contribution in [0.5, 0.6) is 5.75 Å². The highest BCUT2D eigenvalue weighted by atomic mass is 35.5. The van der Waals surface area contributed by atoms with E-state index in [1.54, 1.807) is 31.4 Å². The van der Waals surface area contributed by atoms with Crippen molar-refractivity contribution in [3.05, 3.63) is 93.8 Å². The highest BCUT2D eigenvalue weighted by Crippen LogP contribution is 2.68. The molecule has 5 rings (SSSR count). The average molecular weight is 507 g/mol. The fourth-order valence-electron chi connectivity index (χ4n) is 5.65. The number of aromatic nitrogens is 1. The molecule has 36 heavy (non-hydrogen) atoms. The molecule has 1 saturated carbocycles. The number of pyridine rings is 1. The number of aliphatic hydroxyl groups excluding tert-OH is 1. The second-order valence-electron chi connectivity index (χ2n) is 8.94. The zero-order valence-corrected chi connectivity index (χ0v) is 20.3. The number of carbonyl (C=O) groups is 1. The van der Waals surface area contributed by atoms with Gasteiger partial charge in [-0.15, -0.1) is 0 Å². The number of halogens is 1. The highest BCUT2D eigenvalue weighted by Gasteiger charge is 2.78. The highest BCUT2D eigenvalue weighted by molar-refractivity contribution is 6.30. The van der Waals surface area contributed by atoms with Crippen LogP contribution >= 0.6 is 11.6 Å². The summed E-state index contributed by atoms with van der Waals surface area (Å²) in [5, 5.41) is 33.7. The van der Waals surface area contributed by atoms with Crippen molar-refractivity contribution in [2.45, 2.75) is 29.8 Å². The average Bonchev–Trinajstić information content (AvgIpc) is 3.26. The van der Waals surface area contributed by atoms with Gasteiger partial charge in [-0.05, 0) is 28.8 Å². The van der Waals surface area contributed by atoms with Crippen LogP contribution in [-0.2, 0) is 32.1 Å². The van der Waals surface area contributed by atoms with Gasteiger partial charge in [0.15, 0.2) is 11.2 Å². The summed E-state index contributed by atoms with van der Waals surface area (Å²) in [6.45, 7) is 0.392. The Morgan fingerprint density at radius 3 is 2.50 bits per heavy atom. The molecule has 0 radical (unpaired) electrons. The lowest BCUT2D eigenvalue weighted by Crippen LogP contribution is -2.52. The molecule has 0 amide bonds. The summed E-state index contributed by atoms with van der Waals surface area (Å²) in [5.74, 6) is -2.61. The van der Waals surface area contributed by atoms with Gasteiger partial charge in [-0.1, -0.05) is 48.0 Å². The largest absolute Gasteiger partial charge is 0.476 e. The second kappa shape index (κ2) is 8.87. The van der Waals surface area contributed by atoms with Crippen molar-refractivity contribution in [1.29, 1.82) is 5.26 Å². The van der Waals surface area contributed by atoms with Crippen LogP contribution in [0.4, 0.5) is 0 Å². The standard InChI is InChI=1S/C27H23ClN2O6/c1-34-14-16-3-7-17(8-4-16)22-21(25(32)35-2)24(31)26(33)23-20(11-19(28)13-30-23)36-27(22,26)18-9-5-15(12-29)6-10-18/h3-11,13,21-22,24,31,33H,14H2,1-2H3/t21-,22-,24-,26+,27+/m1/s1. The van der Waals surface area contributed by atoms with Gasteiger partial charge in [0.25, 0.3) is 0 Å². The van der Waals surface area contributed by atoms with Crippen molar-refractivity contribution in [2.24, 2.45) is 5.92 Å². The van der Waals surface area contributed by atoms with Gasteiger partial charge < -0.3 is 24.4 Å². The van der Waals surface area contributed by atoms with Gasteiger partial charge in [-0.25, -0.2) is 0 Å². The Labute approximate surface area is 212 Å². The van der Waals surface area contributed by atoms with E-state index in [2.05, 4.69) is 11.1 Å². The number of nitrogens with zero attached hydrogens (tertiary/aromatic N) is 2. The summed E-state index contributed by atoms with van der Waals surface area (Å²) < 4.78 is 16.8. The molecule has 0 unspecified atom stereocenters. The van der Waals surface area contributed by atoms with E-state index in [1.165, 1.54) is 19.4 Å². The molecule has 0 bridgehead atoms. The van der Waals surface area contributed by atoms with E-state index in [0.29, 0.717) is 23.3 Å². The summed E-state index contributed by atoms with van der Waals surface area (Å²) in [4.78, 5) is 17.5. The predicted octanol–water partition coefficient (Wildman–Crippen LogP) is 3.18. The number of aliphatic hydroxyl groups is 2. The number of ether oxygens (including phenoxy) is 3. The number of benzene rings is 2. The van der Waals surface area contributed by atoms with E-state index in [-0.39, 0.29) is 16.5 Å². The van der Waals surface area contributed by atoms with Crippen LogP contribution in [-0.4, -0.2) is 41.5 Å². The van der Waals surface area contributed by atoms with E-state index < -0.39 is 35.1 Å². The summed E-state index contributed by atoms with van der Waals surface area (Å²) in [5.41, 5.74) is -1.38. The molecule has 184 valence electrons. The van der Waals surface area contributed by atoms with Crippen molar-refractivity contribution in [2.75, 3.05) is 14.2 Å². The van der Waals surface area contributed by atoms with Crippen molar-refractivity contribution in [1.82, 2.24) is 4.98 Å². The summed E-state index contributed by atoms with van der Waals surface area (Å²) in [7, 11) is 2.82. The Kier molecular flexibility index (Phi) is 5.97. The fraction of sp³-hybridized carbons (Fsp3) is 0.296. The molecule has 0 spiro atoms. The molecule has 1 aromatic heterocycles. The molecule has 8 nitrogen and oxygen atoms in total. The third kappa shape index (κ3) is 3.25. The number of rotatable bonds is 5. The second-order valence-corrected chi connectivity index (χ2v) is 9.38. The first-order chi connectivity index (χ1) is 17.3. The Bertz CT molecular complexity index is 1360. The first-order valence-electron chi connectivity index (χ1n) is 11.2. The summed E-state index contributed by atoms with van der Waals surface area (Å²) in [6.07, 6.45) is -0.289. The summed E-state index contributed by atoms with van der Waals surface area (Å²) in [6, 6.07) is 17.4. The Morgan fingerprint density at radius 1 is 1.19 bits per heavy atom. The van der Waals surface area contributed by atoms with Gasteiger partial charge in [0.05, 0.1) is 36.3 Å². The van der Waals surface area contributed by atoms with E-state index in [1.807, 2.05) is 24.3 Å². The molecule has 1 fully saturated rings. The molecular weight excluding hydrogens is 484 g/mol. The first kappa shape index (κ1) is 24.2. The molecule has 1 aliphatic carbocycles.